The van der Waals surface area contributed by atoms with Gasteiger partial charge in [0.15, 0.2) is 0 Å². The number of hydrogen-bond donors (Lipinski definition) is 2. The number of nitrogens with one attached hydrogen (secondary N) is 1. The van der Waals surface area contributed by atoms with Crippen LogP contribution in [0.4, 0.5) is 11.6 Å². The van der Waals surface area contributed by atoms with Crippen molar-refractivity contribution in [3.05, 3.63) is 12.4 Å². The molecule has 0 bridgehead atoms. The minimum Gasteiger partial charge on any atom is -0.396 e. The molecule has 1 aromatic heterocycles. The number of anilines is 2. The second-order valence-corrected chi connectivity index (χ2v) is 4.51. The maximum atomic E-state index is 5.51. The van der Waals surface area contributed by atoms with Gasteiger partial charge in [-0.15, -0.1) is 0 Å². The molecule has 2 unspecified atom stereocenters. The number of aromatic nitrogens is 2. The van der Waals surface area contributed by atoms with Crippen LogP contribution in [0.5, 0.6) is 0 Å². The fraction of sp³-hybridized carbons (Fsp3) is 0.636. The van der Waals surface area contributed by atoms with Gasteiger partial charge in [-0.2, -0.15) is 0 Å². The number of hydrogen-bond acceptors (Lipinski definition) is 4. The fourth-order valence-corrected chi connectivity index (χ4v) is 2.18. The Morgan fingerprint density at radius 1 is 1.40 bits per heavy atom. The lowest BCUT2D eigenvalue weighted by Gasteiger charge is -2.10. The SMILES string of the molecule is CC1CCC(CNc2ncc(N)cn2)C1. The molecule has 1 fully saturated rings. The number of nitrogens with two attached hydrogens (primary N) is 1. The smallest absolute Gasteiger partial charge is 0.222 e. The summed E-state index contributed by atoms with van der Waals surface area (Å²) in [5, 5.41) is 3.26. The fourth-order valence-electron chi connectivity index (χ4n) is 2.18. The van der Waals surface area contributed by atoms with E-state index in [1.807, 2.05) is 0 Å². The molecule has 2 atom stereocenters. The van der Waals surface area contributed by atoms with Crippen LogP contribution in [0.1, 0.15) is 26.2 Å². The van der Waals surface area contributed by atoms with Crippen LogP contribution in [0.25, 0.3) is 0 Å². The van der Waals surface area contributed by atoms with E-state index in [9.17, 15) is 0 Å². The molecule has 1 aliphatic carbocycles. The summed E-state index contributed by atoms with van der Waals surface area (Å²) in [5.41, 5.74) is 6.12. The average molecular weight is 206 g/mol. The van der Waals surface area contributed by atoms with Crippen LogP contribution in [0.3, 0.4) is 0 Å². The molecule has 4 nitrogen and oxygen atoms in total. The van der Waals surface area contributed by atoms with Gasteiger partial charge < -0.3 is 11.1 Å². The van der Waals surface area contributed by atoms with Crippen molar-refractivity contribution in [2.24, 2.45) is 11.8 Å². The average Bonchev–Trinajstić information content (AvgIpc) is 2.64. The van der Waals surface area contributed by atoms with Gasteiger partial charge >= 0.3 is 0 Å². The van der Waals surface area contributed by atoms with Crippen LogP contribution in [-0.4, -0.2) is 16.5 Å². The van der Waals surface area contributed by atoms with Crippen molar-refractivity contribution in [1.82, 2.24) is 9.97 Å². The molecule has 4 heteroatoms. The quantitative estimate of drug-likeness (QED) is 0.793. The van der Waals surface area contributed by atoms with Crippen LogP contribution in [0, 0.1) is 11.8 Å². The normalized spacial score (nSPS) is 25.4. The van der Waals surface area contributed by atoms with Gasteiger partial charge in [0.1, 0.15) is 0 Å². The molecule has 1 heterocycles. The van der Waals surface area contributed by atoms with Gasteiger partial charge in [0.05, 0.1) is 18.1 Å². The van der Waals surface area contributed by atoms with Crippen molar-refractivity contribution in [3.63, 3.8) is 0 Å². The molecule has 3 N–H and O–H groups in total. The van der Waals surface area contributed by atoms with Gasteiger partial charge in [0.2, 0.25) is 5.95 Å². The van der Waals surface area contributed by atoms with E-state index in [0.717, 1.165) is 18.4 Å². The highest BCUT2D eigenvalue weighted by Crippen LogP contribution is 2.30. The van der Waals surface area contributed by atoms with E-state index in [1.165, 1.54) is 19.3 Å². The first-order chi connectivity index (χ1) is 7.24. The van der Waals surface area contributed by atoms with E-state index in [0.29, 0.717) is 11.6 Å². The molecule has 0 saturated heterocycles. The second-order valence-electron chi connectivity index (χ2n) is 4.51. The lowest BCUT2D eigenvalue weighted by atomic mass is 10.1. The third-order valence-electron chi connectivity index (χ3n) is 3.02. The van der Waals surface area contributed by atoms with Crippen molar-refractivity contribution in [1.29, 1.82) is 0 Å². The van der Waals surface area contributed by atoms with Gasteiger partial charge in [-0.3, -0.25) is 0 Å². The Labute approximate surface area is 90.3 Å². The Morgan fingerprint density at radius 3 is 2.73 bits per heavy atom. The molecule has 1 saturated carbocycles. The van der Waals surface area contributed by atoms with Crippen molar-refractivity contribution >= 4 is 11.6 Å². The topological polar surface area (TPSA) is 63.8 Å². The molecule has 1 aliphatic rings. The largest absolute Gasteiger partial charge is 0.396 e. The highest BCUT2D eigenvalue weighted by molar-refractivity contribution is 5.35. The van der Waals surface area contributed by atoms with Crippen molar-refractivity contribution in [2.45, 2.75) is 26.2 Å². The standard InChI is InChI=1S/C11H18N4/c1-8-2-3-9(4-8)5-13-11-14-6-10(12)7-15-11/h6-9H,2-5,12H2,1H3,(H,13,14,15). The van der Waals surface area contributed by atoms with E-state index in [-0.39, 0.29) is 0 Å². The van der Waals surface area contributed by atoms with E-state index in [1.54, 1.807) is 12.4 Å². The molecule has 0 aromatic carbocycles. The van der Waals surface area contributed by atoms with Gasteiger partial charge in [-0.05, 0) is 24.7 Å². The summed E-state index contributed by atoms with van der Waals surface area (Å²) in [6.45, 7) is 3.30. The lowest BCUT2D eigenvalue weighted by Crippen LogP contribution is -2.13. The molecule has 82 valence electrons. The molecular weight excluding hydrogens is 188 g/mol. The monoisotopic (exact) mass is 206 g/mol. The summed E-state index contributed by atoms with van der Waals surface area (Å²) in [4.78, 5) is 8.22. The zero-order valence-electron chi connectivity index (χ0n) is 9.11. The second kappa shape index (κ2) is 4.47. The Kier molecular flexibility index (Phi) is 3.04. The molecule has 0 amide bonds. The van der Waals surface area contributed by atoms with Crippen LogP contribution in [0.2, 0.25) is 0 Å². The zero-order valence-corrected chi connectivity index (χ0v) is 9.11. The Balaban J connectivity index is 1.80. The summed E-state index contributed by atoms with van der Waals surface area (Å²) in [6, 6.07) is 0. The summed E-state index contributed by atoms with van der Waals surface area (Å²) in [6.07, 6.45) is 7.26. The highest BCUT2D eigenvalue weighted by atomic mass is 15.1. The first kappa shape index (κ1) is 10.2. The van der Waals surface area contributed by atoms with Crippen molar-refractivity contribution < 1.29 is 0 Å². The predicted molar refractivity (Wildman–Crippen MR) is 61.4 cm³/mol. The molecule has 15 heavy (non-hydrogen) atoms. The van der Waals surface area contributed by atoms with E-state index in [2.05, 4.69) is 22.2 Å². The van der Waals surface area contributed by atoms with Crippen LogP contribution < -0.4 is 11.1 Å². The Morgan fingerprint density at radius 2 is 2.13 bits per heavy atom. The van der Waals surface area contributed by atoms with E-state index in [4.69, 9.17) is 5.73 Å². The maximum absolute atomic E-state index is 5.51. The highest BCUT2D eigenvalue weighted by Gasteiger charge is 2.20. The number of nitrogens with zero attached hydrogens (tertiary/aromatic N) is 2. The Bertz CT molecular complexity index is 309. The molecular formula is C11H18N4. The predicted octanol–water partition coefficient (Wildman–Crippen LogP) is 1.91. The zero-order chi connectivity index (χ0) is 10.7. The third kappa shape index (κ3) is 2.81. The molecule has 1 aromatic rings. The first-order valence-electron chi connectivity index (χ1n) is 5.55. The lowest BCUT2D eigenvalue weighted by molar-refractivity contribution is 0.536. The minimum absolute atomic E-state index is 0.607. The minimum atomic E-state index is 0.607. The summed E-state index contributed by atoms with van der Waals surface area (Å²) < 4.78 is 0. The van der Waals surface area contributed by atoms with Crippen LogP contribution >= 0.6 is 0 Å². The summed E-state index contributed by atoms with van der Waals surface area (Å²) in [7, 11) is 0. The maximum Gasteiger partial charge on any atom is 0.222 e. The summed E-state index contributed by atoms with van der Waals surface area (Å²) >= 11 is 0. The van der Waals surface area contributed by atoms with Gasteiger partial charge in [-0.25, -0.2) is 9.97 Å². The Hall–Kier alpha value is -1.32. The van der Waals surface area contributed by atoms with Gasteiger partial charge in [0.25, 0.3) is 0 Å². The van der Waals surface area contributed by atoms with Gasteiger partial charge in [0, 0.05) is 6.54 Å². The van der Waals surface area contributed by atoms with Crippen LogP contribution in [0.15, 0.2) is 12.4 Å². The van der Waals surface area contributed by atoms with E-state index >= 15 is 0 Å². The molecule has 0 radical (unpaired) electrons. The van der Waals surface area contributed by atoms with Crippen LogP contribution in [-0.2, 0) is 0 Å². The first-order valence-corrected chi connectivity index (χ1v) is 5.55. The number of nitrogen functional groups attached to an aromatic ring is 1. The van der Waals surface area contributed by atoms with Crippen molar-refractivity contribution in [3.8, 4) is 0 Å². The van der Waals surface area contributed by atoms with E-state index < -0.39 is 0 Å². The number of rotatable bonds is 3. The van der Waals surface area contributed by atoms with Gasteiger partial charge in [-0.1, -0.05) is 13.3 Å². The van der Waals surface area contributed by atoms with Crippen molar-refractivity contribution in [2.75, 3.05) is 17.6 Å². The molecule has 2 rings (SSSR count). The third-order valence-corrected chi connectivity index (χ3v) is 3.02. The summed E-state index contributed by atoms with van der Waals surface area (Å²) in [5.74, 6) is 2.34. The molecule has 0 aliphatic heterocycles. The molecule has 0 spiro atoms.